The zero-order valence-electron chi connectivity index (χ0n) is 16.9. The summed E-state index contributed by atoms with van der Waals surface area (Å²) >= 11 is 0. The van der Waals surface area contributed by atoms with Crippen molar-refractivity contribution >= 4 is 5.78 Å². The van der Waals surface area contributed by atoms with Crippen LogP contribution in [0.5, 0.6) is 5.75 Å². The van der Waals surface area contributed by atoms with Crippen molar-refractivity contribution < 1.29 is 9.53 Å². The van der Waals surface area contributed by atoms with Gasteiger partial charge < -0.3 is 4.74 Å². The first-order chi connectivity index (χ1) is 13.5. The Hall–Kier alpha value is -2.35. The fourth-order valence-electron chi connectivity index (χ4n) is 6.25. The van der Waals surface area contributed by atoms with Crippen LogP contribution in [0.1, 0.15) is 71.1 Å². The Morgan fingerprint density at radius 1 is 1.14 bits per heavy atom. The number of hydrogen-bond donors (Lipinski definition) is 0. The van der Waals surface area contributed by atoms with E-state index in [0.29, 0.717) is 5.92 Å². The van der Waals surface area contributed by atoms with E-state index in [2.05, 4.69) is 31.7 Å². The molecule has 2 aromatic carbocycles. The zero-order chi connectivity index (χ0) is 19.5. The van der Waals surface area contributed by atoms with Crippen molar-refractivity contribution in [2.75, 3.05) is 7.11 Å². The third-order valence-corrected chi connectivity index (χ3v) is 7.66. The fraction of sp³-hybridized carbons (Fsp3) is 0.423. The summed E-state index contributed by atoms with van der Waals surface area (Å²) in [6.45, 7) is 6.82. The molecule has 2 nitrogen and oxygen atoms in total. The molecule has 3 aliphatic rings. The van der Waals surface area contributed by atoms with Gasteiger partial charge in [0.25, 0.3) is 0 Å². The van der Waals surface area contributed by atoms with Gasteiger partial charge in [-0.2, -0.15) is 0 Å². The highest BCUT2D eigenvalue weighted by Gasteiger charge is 2.47. The number of methoxy groups -OCH3 is 1. The summed E-state index contributed by atoms with van der Waals surface area (Å²) in [6, 6.07) is 12.4. The Morgan fingerprint density at radius 3 is 2.68 bits per heavy atom. The molecule has 0 spiro atoms. The van der Waals surface area contributed by atoms with E-state index in [0.717, 1.165) is 42.6 Å². The molecule has 28 heavy (non-hydrogen) atoms. The molecule has 0 aromatic heterocycles. The van der Waals surface area contributed by atoms with Crippen LogP contribution in [0.3, 0.4) is 0 Å². The molecule has 0 aliphatic heterocycles. The largest absolute Gasteiger partial charge is 0.496 e. The van der Waals surface area contributed by atoms with E-state index in [1.165, 1.54) is 35.1 Å². The van der Waals surface area contributed by atoms with E-state index in [1.807, 2.05) is 18.2 Å². The number of benzene rings is 2. The van der Waals surface area contributed by atoms with Gasteiger partial charge in [-0.05, 0) is 78.2 Å². The standard InChI is InChI=1S/C26H28O2/c1-16-8-7-13-26(2)21(16)12-11-18-20-14-19(17-9-5-4-6-10-17)25(27)24(20)23(28-3)15-22(18)26/h4-6,9-10,15,19,21H,1,7-8,11-14H2,2-3H3/t19?,21-,26-/m0/s1. The minimum atomic E-state index is -0.0801. The number of allylic oxidation sites excluding steroid dienone is 1. The summed E-state index contributed by atoms with van der Waals surface area (Å²) in [4.78, 5) is 13.4. The van der Waals surface area contributed by atoms with Gasteiger partial charge in [0, 0.05) is 0 Å². The summed E-state index contributed by atoms with van der Waals surface area (Å²) in [5, 5.41) is 0. The normalized spacial score (nSPS) is 28.5. The second kappa shape index (κ2) is 6.34. The highest BCUT2D eigenvalue weighted by molar-refractivity contribution is 6.08. The molecule has 0 heterocycles. The van der Waals surface area contributed by atoms with Gasteiger partial charge in [0.1, 0.15) is 5.75 Å². The smallest absolute Gasteiger partial charge is 0.174 e. The van der Waals surface area contributed by atoms with Crippen LogP contribution in [-0.4, -0.2) is 12.9 Å². The highest BCUT2D eigenvalue weighted by atomic mass is 16.5. The molecule has 0 N–H and O–H groups in total. The summed E-state index contributed by atoms with van der Waals surface area (Å²) in [6.07, 6.45) is 6.57. The Balaban J connectivity index is 1.67. The van der Waals surface area contributed by atoms with E-state index < -0.39 is 0 Å². The lowest BCUT2D eigenvalue weighted by atomic mass is 9.56. The van der Waals surface area contributed by atoms with Crippen molar-refractivity contribution in [3.63, 3.8) is 0 Å². The first-order valence-electron chi connectivity index (χ1n) is 10.5. The number of ether oxygens (including phenoxy) is 1. The van der Waals surface area contributed by atoms with Gasteiger partial charge in [-0.15, -0.1) is 0 Å². The van der Waals surface area contributed by atoms with Gasteiger partial charge >= 0.3 is 0 Å². The lowest BCUT2D eigenvalue weighted by molar-refractivity contribution is 0.0970. The van der Waals surface area contributed by atoms with Crippen molar-refractivity contribution in [2.45, 2.75) is 56.8 Å². The van der Waals surface area contributed by atoms with Gasteiger partial charge in [0.05, 0.1) is 18.6 Å². The van der Waals surface area contributed by atoms with Crippen LogP contribution in [0.25, 0.3) is 0 Å². The molecule has 1 fully saturated rings. The van der Waals surface area contributed by atoms with Crippen LogP contribution >= 0.6 is 0 Å². The Kier molecular flexibility index (Phi) is 4.01. The van der Waals surface area contributed by atoms with E-state index in [4.69, 9.17) is 4.74 Å². The average Bonchev–Trinajstić information content (AvgIpc) is 3.06. The molecular weight excluding hydrogens is 344 g/mol. The number of ketones is 1. The molecule has 144 valence electrons. The maximum atomic E-state index is 13.4. The Bertz CT molecular complexity index is 972. The number of hydrogen-bond acceptors (Lipinski definition) is 2. The molecule has 0 radical (unpaired) electrons. The molecule has 0 amide bonds. The summed E-state index contributed by atoms with van der Waals surface area (Å²) in [7, 11) is 1.70. The molecule has 2 aromatic rings. The second-order valence-electron chi connectivity index (χ2n) is 9.01. The molecule has 0 bridgehead atoms. The van der Waals surface area contributed by atoms with Crippen molar-refractivity contribution in [1.82, 2.24) is 0 Å². The van der Waals surface area contributed by atoms with Gasteiger partial charge in [0.2, 0.25) is 0 Å². The topological polar surface area (TPSA) is 26.3 Å². The van der Waals surface area contributed by atoms with Crippen molar-refractivity contribution in [2.24, 2.45) is 5.92 Å². The minimum absolute atomic E-state index is 0.0801. The minimum Gasteiger partial charge on any atom is -0.496 e. The monoisotopic (exact) mass is 372 g/mol. The SMILES string of the molecule is C=C1CCC[C@]2(C)c3cc(OC)c4c(c3CC[C@@H]12)CC(c1ccccc1)C4=O. The first kappa shape index (κ1) is 17.7. The van der Waals surface area contributed by atoms with Crippen LogP contribution in [0.2, 0.25) is 0 Å². The van der Waals surface area contributed by atoms with E-state index in [1.54, 1.807) is 7.11 Å². The summed E-state index contributed by atoms with van der Waals surface area (Å²) in [5.74, 6) is 1.47. The predicted molar refractivity (Wildman–Crippen MR) is 112 cm³/mol. The Labute approximate surface area is 167 Å². The molecule has 1 unspecified atom stereocenters. The number of Topliss-reactive ketones (excluding diaryl/α,β-unsaturated/α-hetero) is 1. The van der Waals surface area contributed by atoms with E-state index >= 15 is 0 Å². The fourth-order valence-corrected chi connectivity index (χ4v) is 6.25. The first-order valence-corrected chi connectivity index (χ1v) is 10.5. The predicted octanol–water partition coefficient (Wildman–Crippen LogP) is 5.78. The third-order valence-electron chi connectivity index (χ3n) is 7.66. The quantitative estimate of drug-likeness (QED) is 0.625. The molecule has 0 saturated heterocycles. The zero-order valence-corrected chi connectivity index (χ0v) is 16.9. The number of carbonyl (C=O) groups is 1. The van der Waals surface area contributed by atoms with Crippen LogP contribution in [-0.2, 0) is 18.3 Å². The Morgan fingerprint density at radius 2 is 1.93 bits per heavy atom. The maximum Gasteiger partial charge on any atom is 0.174 e. The van der Waals surface area contributed by atoms with Crippen LogP contribution in [0.15, 0.2) is 48.6 Å². The average molecular weight is 373 g/mol. The molecule has 1 saturated carbocycles. The lowest BCUT2D eigenvalue weighted by Gasteiger charge is -2.48. The molecule has 3 atom stereocenters. The number of carbonyl (C=O) groups excluding carboxylic acids is 1. The van der Waals surface area contributed by atoms with Gasteiger partial charge in [-0.25, -0.2) is 0 Å². The third kappa shape index (κ3) is 2.36. The highest BCUT2D eigenvalue weighted by Crippen LogP contribution is 2.55. The van der Waals surface area contributed by atoms with Crippen LogP contribution < -0.4 is 4.74 Å². The van der Waals surface area contributed by atoms with Gasteiger partial charge in [0.15, 0.2) is 5.78 Å². The van der Waals surface area contributed by atoms with Crippen LogP contribution in [0, 0.1) is 5.92 Å². The second-order valence-corrected chi connectivity index (χ2v) is 9.01. The van der Waals surface area contributed by atoms with Crippen molar-refractivity contribution in [1.29, 1.82) is 0 Å². The van der Waals surface area contributed by atoms with Crippen molar-refractivity contribution in [3.05, 3.63) is 76.4 Å². The summed E-state index contributed by atoms with van der Waals surface area (Å²) in [5.41, 5.74) is 7.59. The molecular formula is C26H28O2. The van der Waals surface area contributed by atoms with E-state index in [-0.39, 0.29) is 17.1 Å². The summed E-state index contributed by atoms with van der Waals surface area (Å²) < 4.78 is 5.79. The number of rotatable bonds is 2. The van der Waals surface area contributed by atoms with Crippen LogP contribution in [0.4, 0.5) is 0 Å². The molecule has 3 aliphatic carbocycles. The van der Waals surface area contributed by atoms with Crippen molar-refractivity contribution in [3.8, 4) is 5.75 Å². The van der Waals surface area contributed by atoms with Gasteiger partial charge in [-0.1, -0.05) is 49.4 Å². The molecule has 5 rings (SSSR count). The molecule has 2 heteroatoms. The lowest BCUT2D eigenvalue weighted by Crippen LogP contribution is -2.41. The number of fused-ring (bicyclic) bond motifs is 5. The maximum absolute atomic E-state index is 13.4. The van der Waals surface area contributed by atoms with Gasteiger partial charge in [-0.3, -0.25) is 4.79 Å². The van der Waals surface area contributed by atoms with E-state index in [9.17, 15) is 4.79 Å².